The van der Waals surface area contributed by atoms with Gasteiger partial charge in [-0.15, -0.1) is 0 Å². The quantitative estimate of drug-likeness (QED) is 0.804. The highest BCUT2D eigenvalue weighted by Gasteiger charge is 2.39. The van der Waals surface area contributed by atoms with Crippen molar-refractivity contribution in [1.82, 2.24) is 15.1 Å². The minimum Gasteiger partial charge on any atom is -0.328 e. The molecule has 1 atom stereocenters. The number of carbonyl (C=O) groups excluding carboxylic acids is 2. The zero-order valence-electron chi connectivity index (χ0n) is 11.0. The molecule has 2 heterocycles. The number of hydrogen-bond donors (Lipinski definition) is 1. The highest BCUT2D eigenvalue weighted by molar-refractivity contribution is 9.10. The summed E-state index contributed by atoms with van der Waals surface area (Å²) < 4.78 is 0.978. The average Bonchev–Trinajstić information content (AvgIpc) is 2.45. The smallest absolute Gasteiger partial charge is 0.312 e. The van der Waals surface area contributed by atoms with Crippen molar-refractivity contribution in [2.24, 2.45) is 0 Å². The largest absolute Gasteiger partial charge is 0.328 e. The van der Waals surface area contributed by atoms with Crippen LogP contribution in [-0.4, -0.2) is 53.8 Å². The van der Waals surface area contributed by atoms with Crippen LogP contribution in [0.1, 0.15) is 5.56 Å². The molecule has 2 fully saturated rings. The van der Waals surface area contributed by atoms with E-state index in [-0.39, 0.29) is 17.9 Å². The van der Waals surface area contributed by atoms with Crippen LogP contribution < -0.4 is 5.32 Å². The van der Waals surface area contributed by atoms with Crippen LogP contribution in [0, 0.1) is 0 Å². The van der Waals surface area contributed by atoms with Gasteiger partial charge < -0.3 is 15.1 Å². The minimum absolute atomic E-state index is 0.0982. The fraction of sp³-hybridized carbons (Fsp3) is 0.429. The van der Waals surface area contributed by atoms with Crippen LogP contribution in [0.2, 0.25) is 0 Å². The van der Waals surface area contributed by atoms with Gasteiger partial charge in [0.15, 0.2) is 0 Å². The van der Waals surface area contributed by atoms with Crippen molar-refractivity contribution in [3.63, 3.8) is 0 Å². The van der Waals surface area contributed by atoms with E-state index in [0.717, 1.165) is 23.1 Å². The summed E-state index contributed by atoms with van der Waals surface area (Å²) in [6.45, 7) is 3.23. The lowest BCUT2D eigenvalue weighted by Gasteiger charge is -2.43. The summed E-state index contributed by atoms with van der Waals surface area (Å²) in [5.41, 5.74) is 1.03. The first-order valence-electron chi connectivity index (χ1n) is 6.70. The second-order valence-electron chi connectivity index (χ2n) is 5.17. The van der Waals surface area contributed by atoms with Gasteiger partial charge in [0, 0.05) is 37.2 Å². The molecule has 6 heteroatoms. The third-order valence-electron chi connectivity index (χ3n) is 3.77. The van der Waals surface area contributed by atoms with Gasteiger partial charge in [-0.05, 0) is 17.7 Å². The third-order valence-corrected chi connectivity index (χ3v) is 4.27. The van der Waals surface area contributed by atoms with Gasteiger partial charge in [0.25, 0.3) is 0 Å². The molecule has 2 saturated heterocycles. The summed E-state index contributed by atoms with van der Waals surface area (Å²) in [7, 11) is 0. The zero-order chi connectivity index (χ0) is 14.1. The van der Waals surface area contributed by atoms with E-state index in [0.29, 0.717) is 19.6 Å². The Morgan fingerprint density at radius 1 is 1.30 bits per heavy atom. The van der Waals surface area contributed by atoms with E-state index in [2.05, 4.69) is 21.2 Å². The van der Waals surface area contributed by atoms with Crippen molar-refractivity contribution >= 4 is 27.7 Å². The number of fused-ring (bicyclic) bond motifs is 1. The predicted molar refractivity (Wildman–Crippen MR) is 77.9 cm³/mol. The molecule has 1 aromatic carbocycles. The Kier molecular flexibility index (Phi) is 3.76. The Morgan fingerprint density at radius 2 is 2.15 bits per heavy atom. The van der Waals surface area contributed by atoms with E-state index in [1.165, 1.54) is 0 Å². The Hall–Kier alpha value is -1.40. The van der Waals surface area contributed by atoms with Gasteiger partial charge >= 0.3 is 11.8 Å². The Labute approximate surface area is 126 Å². The van der Waals surface area contributed by atoms with E-state index in [4.69, 9.17) is 0 Å². The molecule has 2 aliphatic rings. The monoisotopic (exact) mass is 337 g/mol. The Bertz CT molecular complexity index is 549. The normalized spacial score (nSPS) is 22.9. The van der Waals surface area contributed by atoms with E-state index >= 15 is 0 Å². The number of hydrogen-bond acceptors (Lipinski definition) is 3. The second kappa shape index (κ2) is 5.54. The second-order valence-corrected chi connectivity index (χ2v) is 6.09. The van der Waals surface area contributed by atoms with Crippen LogP contribution in [0.15, 0.2) is 28.7 Å². The minimum atomic E-state index is -0.386. The molecule has 0 saturated carbocycles. The molecule has 0 bridgehead atoms. The highest BCUT2D eigenvalue weighted by atomic mass is 79.9. The standard InChI is InChI=1S/C14H16BrN3O2/c15-11-3-1-2-10(6-11)8-17-9-12-7-16-4-5-18(12)14(20)13(17)19/h1-3,6,12,16H,4-5,7-9H2. The summed E-state index contributed by atoms with van der Waals surface area (Å²) >= 11 is 3.42. The molecule has 3 rings (SSSR count). The maximum absolute atomic E-state index is 12.2. The van der Waals surface area contributed by atoms with E-state index in [1.54, 1.807) is 9.80 Å². The Morgan fingerprint density at radius 3 is 2.95 bits per heavy atom. The lowest BCUT2D eigenvalue weighted by Crippen LogP contribution is -2.65. The molecular formula is C14H16BrN3O2. The summed E-state index contributed by atoms with van der Waals surface area (Å²) in [4.78, 5) is 27.7. The van der Waals surface area contributed by atoms with Crippen LogP contribution in [0.3, 0.4) is 0 Å². The number of halogens is 1. The van der Waals surface area contributed by atoms with Crippen LogP contribution in [0.4, 0.5) is 0 Å². The SMILES string of the molecule is O=C1C(=O)N2CCNCC2CN1Cc1cccc(Br)c1. The van der Waals surface area contributed by atoms with Gasteiger partial charge in [-0.3, -0.25) is 9.59 Å². The lowest BCUT2D eigenvalue weighted by atomic mass is 10.1. The van der Waals surface area contributed by atoms with Gasteiger partial charge in [-0.2, -0.15) is 0 Å². The van der Waals surface area contributed by atoms with Crippen molar-refractivity contribution < 1.29 is 9.59 Å². The van der Waals surface area contributed by atoms with Crippen molar-refractivity contribution in [2.75, 3.05) is 26.2 Å². The summed E-state index contributed by atoms with van der Waals surface area (Å²) in [6.07, 6.45) is 0. The van der Waals surface area contributed by atoms with Crippen molar-refractivity contribution in [3.05, 3.63) is 34.3 Å². The third kappa shape index (κ3) is 2.58. The van der Waals surface area contributed by atoms with Crippen molar-refractivity contribution in [3.8, 4) is 0 Å². The molecule has 106 valence electrons. The number of nitrogens with one attached hydrogen (secondary N) is 1. The molecule has 5 nitrogen and oxygen atoms in total. The predicted octanol–water partition coefficient (Wildman–Crippen LogP) is 0.592. The van der Waals surface area contributed by atoms with Gasteiger partial charge in [0.2, 0.25) is 0 Å². The number of carbonyl (C=O) groups is 2. The first-order valence-corrected chi connectivity index (χ1v) is 7.49. The molecule has 1 aromatic rings. The first-order chi connectivity index (χ1) is 9.65. The zero-order valence-corrected chi connectivity index (χ0v) is 12.6. The fourth-order valence-corrected chi connectivity index (χ4v) is 3.23. The fourth-order valence-electron chi connectivity index (χ4n) is 2.78. The number of benzene rings is 1. The molecule has 0 aliphatic carbocycles. The molecule has 2 amide bonds. The summed E-state index contributed by atoms with van der Waals surface area (Å²) in [5.74, 6) is -0.749. The van der Waals surface area contributed by atoms with Gasteiger partial charge in [-0.1, -0.05) is 28.1 Å². The number of amides is 2. The lowest BCUT2D eigenvalue weighted by molar-refractivity contribution is -0.160. The molecule has 0 spiro atoms. The number of rotatable bonds is 2. The van der Waals surface area contributed by atoms with Crippen LogP contribution in [0.25, 0.3) is 0 Å². The van der Waals surface area contributed by atoms with E-state index < -0.39 is 0 Å². The topological polar surface area (TPSA) is 52.7 Å². The first kappa shape index (κ1) is 13.6. The van der Waals surface area contributed by atoms with Crippen LogP contribution in [-0.2, 0) is 16.1 Å². The summed E-state index contributed by atoms with van der Waals surface area (Å²) in [5, 5.41) is 3.27. The Balaban J connectivity index is 1.76. The molecule has 0 aromatic heterocycles. The average molecular weight is 338 g/mol. The maximum Gasteiger partial charge on any atom is 0.312 e. The number of piperazine rings is 2. The van der Waals surface area contributed by atoms with Crippen molar-refractivity contribution in [1.29, 1.82) is 0 Å². The van der Waals surface area contributed by atoms with Crippen LogP contribution >= 0.6 is 15.9 Å². The number of nitrogens with zero attached hydrogens (tertiary/aromatic N) is 2. The molecule has 1 unspecified atom stereocenters. The molecular weight excluding hydrogens is 322 g/mol. The van der Waals surface area contributed by atoms with Crippen molar-refractivity contribution in [2.45, 2.75) is 12.6 Å². The van der Waals surface area contributed by atoms with E-state index in [1.807, 2.05) is 24.3 Å². The van der Waals surface area contributed by atoms with Gasteiger partial charge in [0.05, 0.1) is 6.04 Å². The molecule has 0 radical (unpaired) electrons. The molecule has 1 N–H and O–H groups in total. The molecule has 20 heavy (non-hydrogen) atoms. The maximum atomic E-state index is 12.2. The summed E-state index contributed by atoms with van der Waals surface area (Å²) in [6, 6.07) is 7.92. The molecule has 2 aliphatic heterocycles. The van der Waals surface area contributed by atoms with Gasteiger partial charge in [0.1, 0.15) is 0 Å². The van der Waals surface area contributed by atoms with Crippen LogP contribution in [0.5, 0.6) is 0 Å². The van der Waals surface area contributed by atoms with E-state index in [9.17, 15) is 9.59 Å². The van der Waals surface area contributed by atoms with Gasteiger partial charge in [-0.25, -0.2) is 0 Å². The highest BCUT2D eigenvalue weighted by Crippen LogP contribution is 2.18.